The molecule has 6 heterocycles. The highest BCUT2D eigenvalue weighted by Gasteiger charge is 2.43. The molecule has 3 aromatic rings. The third-order valence-corrected chi connectivity index (χ3v) is 13.6. The zero-order chi connectivity index (χ0) is 39.4. The third kappa shape index (κ3) is 7.44. The van der Waals surface area contributed by atoms with E-state index in [2.05, 4.69) is 56.4 Å². The highest BCUT2D eigenvalue weighted by molar-refractivity contribution is 6.05. The number of carbonyl (C=O) groups is 3. The van der Waals surface area contributed by atoms with Crippen LogP contribution in [-0.2, 0) is 22.3 Å². The van der Waals surface area contributed by atoms with Gasteiger partial charge in [-0.1, -0.05) is 12.1 Å². The second-order valence-corrected chi connectivity index (χ2v) is 17.0. The van der Waals surface area contributed by atoms with Crippen molar-refractivity contribution in [3.05, 3.63) is 88.5 Å². The molecule has 0 aliphatic carbocycles. The van der Waals surface area contributed by atoms with Crippen LogP contribution in [0.5, 0.6) is 0 Å². The van der Waals surface area contributed by atoms with Gasteiger partial charge in [0.05, 0.1) is 17.2 Å². The Morgan fingerprint density at radius 1 is 0.737 bits per heavy atom. The number of alkyl halides is 3. The molecule has 0 bridgehead atoms. The number of hydrogen-bond donors (Lipinski definition) is 1. The van der Waals surface area contributed by atoms with Crippen LogP contribution in [0.25, 0.3) is 0 Å². The number of likely N-dealkylation sites (tertiary alicyclic amines) is 1. The van der Waals surface area contributed by atoms with E-state index < -0.39 is 17.8 Å². The Morgan fingerprint density at radius 3 is 2.04 bits per heavy atom. The van der Waals surface area contributed by atoms with E-state index >= 15 is 0 Å². The van der Waals surface area contributed by atoms with E-state index in [0.29, 0.717) is 61.0 Å². The summed E-state index contributed by atoms with van der Waals surface area (Å²) in [5.41, 5.74) is 4.60. The first kappa shape index (κ1) is 37.5. The van der Waals surface area contributed by atoms with Crippen LogP contribution >= 0.6 is 0 Å². The van der Waals surface area contributed by atoms with Crippen molar-refractivity contribution < 1.29 is 27.6 Å². The zero-order valence-corrected chi connectivity index (χ0v) is 32.0. The van der Waals surface area contributed by atoms with Crippen molar-refractivity contribution in [3.8, 4) is 6.07 Å². The van der Waals surface area contributed by atoms with Crippen LogP contribution in [0.2, 0.25) is 0 Å². The van der Waals surface area contributed by atoms with Gasteiger partial charge in [-0.25, -0.2) is 0 Å². The molecule has 9 rings (SSSR count). The lowest BCUT2D eigenvalue weighted by molar-refractivity contribution is -0.138. The van der Waals surface area contributed by atoms with Crippen LogP contribution in [0.15, 0.2) is 60.7 Å². The number of imide groups is 1. The fraction of sp³-hybridized carbons (Fsp3) is 0.500. The van der Waals surface area contributed by atoms with Crippen LogP contribution in [0.3, 0.4) is 0 Å². The third-order valence-electron chi connectivity index (χ3n) is 13.6. The maximum Gasteiger partial charge on any atom is 0.417 e. The summed E-state index contributed by atoms with van der Waals surface area (Å²) in [6.07, 6.45) is 0.146. The van der Waals surface area contributed by atoms with Crippen LogP contribution in [0.4, 0.5) is 30.2 Å². The molecule has 3 aromatic carbocycles. The van der Waals surface area contributed by atoms with E-state index in [1.807, 2.05) is 11.0 Å². The van der Waals surface area contributed by atoms with E-state index in [-0.39, 0.29) is 29.7 Å². The molecule has 298 valence electrons. The smallest absolute Gasteiger partial charge is 0.372 e. The lowest BCUT2D eigenvalue weighted by Gasteiger charge is -2.36. The first-order chi connectivity index (χ1) is 27.5. The SMILES string of the molecule is N#Cc1ccc(N2CCC(c3ccc(N4CCC(CN5C[C@@H]6CN(c7ccc8c(c7)CN(C7CCC(=O)NC7=O)C8=O)C[C@@H]6C5)CC4)cc3)CC2)cc1C(F)(F)F. The fourth-order valence-corrected chi connectivity index (χ4v) is 10.4. The molecule has 0 aromatic heterocycles. The number of anilines is 3. The maximum atomic E-state index is 13.5. The van der Waals surface area contributed by atoms with Gasteiger partial charge in [0, 0.05) is 94.5 Å². The van der Waals surface area contributed by atoms with Gasteiger partial charge in [-0.05, 0) is 115 Å². The number of rotatable bonds is 7. The van der Waals surface area contributed by atoms with E-state index in [9.17, 15) is 27.6 Å². The van der Waals surface area contributed by atoms with E-state index in [1.165, 1.54) is 30.2 Å². The molecule has 3 amide bonds. The topological polar surface area (TPSA) is 103 Å². The summed E-state index contributed by atoms with van der Waals surface area (Å²) < 4.78 is 40.6. The number of hydrogen-bond acceptors (Lipinski definition) is 8. The lowest BCUT2D eigenvalue weighted by atomic mass is 9.88. The molecule has 6 aliphatic heterocycles. The van der Waals surface area contributed by atoms with Gasteiger partial charge in [-0.3, -0.25) is 19.7 Å². The average molecular weight is 780 g/mol. The first-order valence-corrected chi connectivity index (χ1v) is 20.5. The number of nitrogens with zero attached hydrogens (tertiary/aromatic N) is 6. The highest BCUT2D eigenvalue weighted by atomic mass is 19.4. The van der Waals surface area contributed by atoms with Gasteiger partial charge in [0.2, 0.25) is 11.8 Å². The maximum absolute atomic E-state index is 13.5. The van der Waals surface area contributed by atoms with Crippen molar-refractivity contribution in [1.82, 2.24) is 15.1 Å². The summed E-state index contributed by atoms with van der Waals surface area (Å²) in [5.74, 6) is 1.52. The standard InChI is InChI=1S/C44H48F3N7O3/c45-44(46,47)39-20-37(6-3-31(39)21-48)52-17-13-30(14-18-52)29-1-4-35(5-2-29)51-15-11-28(12-16-51)22-50-23-33-25-53(26-34(33)24-50)36-7-8-38-32(19-36)27-54(43(38)57)40-9-10-41(55)49-42(40)56/h1-8,19-20,28,30,33-34,40H,9-18,22-27H2,(H,49,55,56)/t33-,34+,40?. The van der Waals surface area contributed by atoms with Crippen molar-refractivity contribution in [3.63, 3.8) is 0 Å². The monoisotopic (exact) mass is 779 g/mol. The van der Waals surface area contributed by atoms with Gasteiger partial charge in [0.15, 0.2) is 0 Å². The number of nitrogens with one attached hydrogen (secondary N) is 1. The molecule has 0 spiro atoms. The molecule has 13 heteroatoms. The van der Waals surface area contributed by atoms with Crippen molar-refractivity contribution in [2.75, 3.05) is 73.6 Å². The molecule has 6 aliphatic rings. The molecule has 1 unspecified atom stereocenters. The predicted octanol–water partition coefficient (Wildman–Crippen LogP) is 6.01. The minimum Gasteiger partial charge on any atom is -0.372 e. The predicted molar refractivity (Wildman–Crippen MR) is 210 cm³/mol. The summed E-state index contributed by atoms with van der Waals surface area (Å²) in [7, 11) is 0. The zero-order valence-electron chi connectivity index (χ0n) is 32.0. The molecule has 1 N–H and O–H groups in total. The summed E-state index contributed by atoms with van der Waals surface area (Å²) in [6, 6.07) is 20.1. The van der Waals surface area contributed by atoms with Crippen LogP contribution in [-0.4, -0.2) is 92.5 Å². The van der Waals surface area contributed by atoms with Crippen LogP contribution in [0, 0.1) is 29.1 Å². The van der Waals surface area contributed by atoms with Crippen molar-refractivity contribution in [1.29, 1.82) is 5.26 Å². The van der Waals surface area contributed by atoms with E-state index in [0.717, 1.165) is 76.0 Å². The largest absolute Gasteiger partial charge is 0.417 e. The molecular formula is C44H48F3N7O3. The van der Waals surface area contributed by atoms with Gasteiger partial charge in [0.25, 0.3) is 5.91 Å². The first-order valence-electron chi connectivity index (χ1n) is 20.5. The van der Waals surface area contributed by atoms with Gasteiger partial charge in [0.1, 0.15) is 6.04 Å². The molecular weight excluding hydrogens is 732 g/mol. The van der Waals surface area contributed by atoms with Crippen molar-refractivity contribution in [2.24, 2.45) is 17.8 Å². The second-order valence-electron chi connectivity index (χ2n) is 17.0. The number of benzene rings is 3. The number of piperidine rings is 3. The van der Waals surface area contributed by atoms with Gasteiger partial charge < -0.3 is 24.5 Å². The Kier molecular flexibility index (Phi) is 9.87. The quantitative estimate of drug-likeness (QED) is 0.292. The van der Waals surface area contributed by atoms with Crippen molar-refractivity contribution >= 4 is 34.8 Å². The van der Waals surface area contributed by atoms with Crippen LogP contribution < -0.4 is 20.0 Å². The Hall–Kier alpha value is -5.09. The second kappa shape index (κ2) is 15.0. The Bertz CT molecular complexity index is 2070. The number of amides is 3. The van der Waals surface area contributed by atoms with Gasteiger partial charge >= 0.3 is 6.18 Å². The van der Waals surface area contributed by atoms with E-state index in [1.54, 1.807) is 17.0 Å². The minimum atomic E-state index is -4.56. The summed E-state index contributed by atoms with van der Waals surface area (Å²) in [5, 5.41) is 11.5. The Balaban J connectivity index is 0.718. The van der Waals surface area contributed by atoms with E-state index in [4.69, 9.17) is 5.26 Å². The molecule has 5 fully saturated rings. The molecule has 5 saturated heterocycles. The summed E-state index contributed by atoms with van der Waals surface area (Å²) in [4.78, 5) is 48.5. The number of halogens is 3. The Morgan fingerprint density at radius 2 is 1.37 bits per heavy atom. The van der Waals surface area contributed by atoms with Gasteiger partial charge in [-0.2, -0.15) is 18.4 Å². The highest BCUT2D eigenvalue weighted by Crippen LogP contribution is 2.39. The Labute approximate surface area is 331 Å². The van der Waals surface area contributed by atoms with Gasteiger partial charge in [-0.15, -0.1) is 0 Å². The molecule has 0 saturated carbocycles. The lowest BCUT2D eigenvalue weighted by Crippen LogP contribution is -2.52. The molecule has 3 atom stereocenters. The molecule has 0 radical (unpaired) electrons. The fourth-order valence-electron chi connectivity index (χ4n) is 10.4. The number of nitriles is 1. The molecule has 10 nitrogen and oxygen atoms in total. The average Bonchev–Trinajstić information content (AvgIpc) is 3.89. The van der Waals surface area contributed by atoms with Crippen LogP contribution in [0.1, 0.15) is 77.1 Å². The summed E-state index contributed by atoms with van der Waals surface area (Å²) >= 11 is 0. The molecule has 57 heavy (non-hydrogen) atoms. The normalized spacial score (nSPS) is 24.9. The number of carbonyl (C=O) groups excluding carboxylic acids is 3. The summed E-state index contributed by atoms with van der Waals surface area (Å²) in [6.45, 7) is 9.25. The minimum absolute atomic E-state index is 0.131. The van der Waals surface area contributed by atoms with Crippen molar-refractivity contribution in [2.45, 2.75) is 63.2 Å². The number of fused-ring (bicyclic) bond motifs is 2.